The highest BCUT2D eigenvalue weighted by Crippen LogP contribution is 2.44. The van der Waals surface area contributed by atoms with Crippen LogP contribution in [0.2, 0.25) is 0 Å². The molecule has 2 amide bonds. The van der Waals surface area contributed by atoms with E-state index in [2.05, 4.69) is 4.98 Å². The van der Waals surface area contributed by atoms with E-state index in [1.807, 2.05) is 5.32 Å². The van der Waals surface area contributed by atoms with Gasteiger partial charge in [-0.3, -0.25) is 19.9 Å². The van der Waals surface area contributed by atoms with E-state index in [1.54, 1.807) is 0 Å². The highest BCUT2D eigenvalue weighted by Gasteiger charge is 2.67. The molecular weight excluding hydrogens is 389 g/mol. The minimum absolute atomic E-state index is 0.279. The lowest BCUT2D eigenvalue weighted by Gasteiger charge is -2.44. The van der Waals surface area contributed by atoms with Crippen molar-refractivity contribution in [1.29, 1.82) is 0 Å². The summed E-state index contributed by atoms with van der Waals surface area (Å²) in [4.78, 5) is 38.1. The van der Waals surface area contributed by atoms with Crippen molar-refractivity contribution < 1.29 is 37.2 Å². The average molecular weight is 400 g/mol. The third kappa shape index (κ3) is 3.15. The first-order chi connectivity index (χ1) is 13.0. The van der Waals surface area contributed by atoms with Crippen molar-refractivity contribution in [3.63, 3.8) is 0 Å². The van der Waals surface area contributed by atoms with Crippen LogP contribution in [0.4, 0.5) is 23.8 Å². The summed E-state index contributed by atoms with van der Waals surface area (Å²) in [5.41, 5.74) is -4.24. The number of nitrogens with zero attached hydrogens (tertiary/aromatic N) is 2. The minimum Gasteiger partial charge on any atom is -0.404 e. The number of aliphatic hydroxyl groups is 1. The highest BCUT2D eigenvalue weighted by atomic mass is 19.4. The summed E-state index contributed by atoms with van der Waals surface area (Å²) in [6.07, 6.45) is -3.19. The molecule has 28 heavy (non-hydrogen) atoms. The number of Topliss-reactive ketones (excluding diaryl/α,β-unsaturated/α-hetero) is 1. The normalized spacial score (nSPS) is 24.9. The summed E-state index contributed by atoms with van der Waals surface area (Å²) in [5.74, 6) is -4.90. The zero-order valence-corrected chi connectivity index (χ0v) is 13.6. The van der Waals surface area contributed by atoms with Crippen LogP contribution in [-0.2, 0) is 0 Å². The monoisotopic (exact) mass is 400 g/mol. The number of alkyl halides is 3. The molecular formula is C15H11F3N4O6. The van der Waals surface area contributed by atoms with Gasteiger partial charge in [0.05, 0.1) is 6.07 Å². The zero-order chi connectivity index (χ0) is 20.7. The third-order valence-corrected chi connectivity index (χ3v) is 4.13. The van der Waals surface area contributed by atoms with Gasteiger partial charge >= 0.3 is 18.1 Å². The smallest absolute Gasteiger partial charge is 0.404 e. The maximum Gasteiger partial charge on any atom is 0.437 e. The molecule has 13 heteroatoms. The Labute approximate surface area is 153 Å². The van der Waals surface area contributed by atoms with E-state index in [0.29, 0.717) is 0 Å². The Hall–Kier alpha value is -3.48. The van der Waals surface area contributed by atoms with Crippen molar-refractivity contribution in [2.24, 2.45) is 5.92 Å². The standard InChI is InChI=1S/C15H11F3N4O6/c16-15(17,18)14(25)10(12(23)7-2-1-5-19-6-7)11(20-13(24)21-14)8-3-4-9(28-8)22(26)27/h1-6,10-11,25H,(H2,20,21,24)/t10-,11-,14+/m0/s1. The van der Waals surface area contributed by atoms with Crippen LogP contribution in [0.5, 0.6) is 0 Å². The van der Waals surface area contributed by atoms with Crippen LogP contribution in [-0.4, -0.2) is 38.7 Å². The number of nitro groups is 1. The van der Waals surface area contributed by atoms with Crippen molar-refractivity contribution in [2.45, 2.75) is 17.9 Å². The van der Waals surface area contributed by atoms with Crippen molar-refractivity contribution in [2.75, 3.05) is 0 Å². The Kier molecular flexibility index (Phi) is 4.54. The zero-order valence-electron chi connectivity index (χ0n) is 13.6. The lowest BCUT2D eigenvalue weighted by atomic mass is 9.79. The molecule has 3 atom stereocenters. The first-order valence-electron chi connectivity index (χ1n) is 7.60. The SMILES string of the molecule is O=C1N[C@@H](c2ccc([N+](=O)[O-])o2)[C@@H](C(=O)c2cccnc2)[C@@](O)(C(F)(F)F)N1. The number of furan rings is 1. The molecule has 2 aromatic rings. The molecule has 1 fully saturated rings. The summed E-state index contributed by atoms with van der Waals surface area (Å²) in [6, 6.07) is 0.961. The van der Waals surface area contributed by atoms with E-state index in [0.717, 1.165) is 18.3 Å². The fourth-order valence-corrected chi connectivity index (χ4v) is 2.87. The summed E-state index contributed by atoms with van der Waals surface area (Å²) >= 11 is 0. The van der Waals surface area contributed by atoms with Crippen molar-refractivity contribution in [1.82, 2.24) is 15.6 Å². The topological polar surface area (TPSA) is 148 Å². The molecule has 10 nitrogen and oxygen atoms in total. The molecule has 0 spiro atoms. The number of nitrogens with one attached hydrogen (secondary N) is 2. The summed E-state index contributed by atoms with van der Waals surface area (Å²) in [7, 11) is 0. The molecule has 0 aliphatic carbocycles. The van der Waals surface area contributed by atoms with Gasteiger partial charge in [-0.05, 0) is 18.2 Å². The van der Waals surface area contributed by atoms with Gasteiger partial charge in [-0.1, -0.05) is 0 Å². The summed E-state index contributed by atoms with van der Waals surface area (Å²) in [5, 5.41) is 24.5. The van der Waals surface area contributed by atoms with Crippen LogP contribution in [0.25, 0.3) is 0 Å². The molecule has 0 aromatic carbocycles. The van der Waals surface area contributed by atoms with Gasteiger partial charge in [-0.15, -0.1) is 0 Å². The number of ketones is 1. The Morgan fingerprint density at radius 2 is 2.07 bits per heavy atom. The van der Waals surface area contributed by atoms with E-state index >= 15 is 0 Å². The molecule has 1 saturated heterocycles. The fourth-order valence-electron chi connectivity index (χ4n) is 2.87. The van der Waals surface area contributed by atoms with Gasteiger partial charge in [0.2, 0.25) is 5.72 Å². The van der Waals surface area contributed by atoms with Crippen LogP contribution >= 0.6 is 0 Å². The Morgan fingerprint density at radius 1 is 1.36 bits per heavy atom. The van der Waals surface area contributed by atoms with E-state index < -0.39 is 52.2 Å². The van der Waals surface area contributed by atoms with E-state index in [9.17, 15) is 38.0 Å². The molecule has 2 aromatic heterocycles. The lowest BCUT2D eigenvalue weighted by Crippen LogP contribution is -2.72. The Morgan fingerprint density at radius 3 is 2.61 bits per heavy atom. The van der Waals surface area contributed by atoms with Crippen molar-refractivity contribution in [3.8, 4) is 0 Å². The van der Waals surface area contributed by atoms with E-state index in [-0.39, 0.29) is 5.56 Å². The number of urea groups is 1. The molecule has 0 saturated carbocycles. The second kappa shape index (κ2) is 6.60. The number of carbonyl (C=O) groups is 2. The van der Waals surface area contributed by atoms with Gasteiger partial charge < -0.3 is 20.2 Å². The van der Waals surface area contributed by atoms with Gasteiger partial charge in [0, 0.05) is 18.0 Å². The number of hydrogen-bond donors (Lipinski definition) is 3. The van der Waals surface area contributed by atoms with Gasteiger partial charge in [-0.2, -0.15) is 13.2 Å². The number of aromatic nitrogens is 1. The molecule has 3 heterocycles. The molecule has 148 valence electrons. The van der Waals surface area contributed by atoms with Crippen LogP contribution in [0.1, 0.15) is 22.2 Å². The molecule has 1 aliphatic rings. The quantitative estimate of drug-likeness (QED) is 0.402. The number of halogens is 3. The summed E-state index contributed by atoms with van der Waals surface area (Å²) < 4.78 is 45.8. The maximum atomic E-state index is 13.6. The van der Waals surface area contributed by atoms with Crippen LogP contribution in [0.3, 0.4) is 0 Å². The van der Waals surface area contributed by atoms with Crippen molar-refractivity contribution in [3.05, 3.63) is 58.1 Å². The number of pyridine rings is 1. The highest BCUT2D eigenvalue weighted by molar-refractivity contribution is 6.00. The second-order valence-corrected chi connectivity index (χ2v) is 5.86. The van der Waals surface area contributed by atoms with Gasteiger partial charge in [0.15, 0.2) is 5.78 Å². The number of rotatable bonds is 4. The Bertz CT molecular complexity index is 931. The van der Waals surface area contributed by atoms with Crippen molar-refractivity contribution >= 4 is 17.7 Å². The molecule has 0 bridgehead atoms. The molecule has 3 N–H and O–H groups in total. The van der Waals surface area contributed by atoms with E-state index in [4.69, 9.17) is 4.42 Å². The largest absolute Gasteiger partial charge is 0.437 e. The number of hydrogen-bond acceptors (Lipinski definition) is 7. The van der Waals surface area contributed by atoms with Crippen LogP contribution < -0.4 is 10.6 Å². The number of carbonyl (C=O) groups excluding carboxylic acids is 2. The molecule has 1 aliphatic heterocycles. The molecule has 0 unspecified atom stereocenters. The van der Waals surface area contributed by atoms with Crippen LogP contribution in [0, 0.1) is 16.0 Å². The third-order valence-electron chi connectivity index (χ3n) is 4.13. The predicted octanol–water partition coefficient (Wildman–Crippen LogP) is 1.69. The van der Waals surface area contributed by atoms with Gasteiger partial charge in [-0.25, -0.2) is 4.79 Å². The van der Waals surface area contributed by atoms with Gasteiger partial charge in [0.25, 0.3) is 0 Å². The first kappa shape index (κ1) is 19.3. The minimum atomic E-state index is -5.45. The first-order valence-corrected chi connectivity index (χ1v) is 7.60. The van der Waals surface area contributed by atoms with Gasteiger partial charge in [0.1, 0.15) is 22.6 Å². The second-order valence-electron chi connectivity index (χ2n) is 5.86. The van der Waals surface area contributed by atoms with E-state index in [1.165, 1.54) is 23.6 Å². The fraction of sp³-hybridized carbons (Fsp3) is 0.267. The maximum absolute atomic E-state index is 13.6. The molecule has 3 rings (SSSR count). The number of amides is 2. The predicted molar refractivity (Wildman–Crippen MR) is 82.8 cm³/mol. The molecule has 0 radical (unpaired) electrons. The summed E-state index contributed by atoms with van der Waals surface area (Å²) in [6.45, 7) is 0. The van der Waals surface area contributed by atoms with Crippen LogP contribution in [0.15, 0.2) is 41.1 Å². The average Bonchev–Trinajstić information content (AvgIpc) is 3.11. The Balaban J connectivity index is 2.15. The lowest BCUT2D eigenvalue weighted by molar-refractivity contribution is -0.402.